The van der Waals surface area contributed by atoms with Crippen molar-refractivity contribution in [3.63, 3.8) is 0 Å². The molecule has 0 aliphatic carbocycles. The molecule has 0 heterocycles. The van der Waals surface area contributed by atoms with Crippen LogP contribution in [0.25, 0.3) is 0 Å². The van der Waals surface area contributed by atoms with Gasteiger partial charge in [-0.15, -0.1) is 0 Å². The molecule has 1 N–H and O–H groups in total. The molecule has 18 heavy (non-hydrogen) atoms. The van der Waals surface area contributed by atoms with Crippen molar-refractivity contribution in [3.8, 4) is 0 Å². The van der Waals surface area contributed by atoms with Gasteiger partial charge in [0.05, 0.1) is 6.10 Å². The van der Waals surface area contributed by atoms with Crippen LogP contribution < -0.4 is 0 Å². The van der Waals surface area contributed by atoms with Gasteiger partial charge < -0.3 is 5.11 Å². The highest BCUT2D eigenvalue weighted by Gasteiger charge is 2.16. The normalized spacial score (nSPS) is 12.4. The number of aliphatic hydroxyl groups is 1. The maximum atomic E-state index is 13.5. The molecule has 0 aliphatic rings. The predicted octanol–water partition coefficient (Wildman–Crippen LogP) is 3.85. The van der Waals surface area contributed by atoms with E-state index in [0.717, 1.165) is 3.57 Å². The van der Waals surface area contributed by atoms with Crippen LogP contribution in [0.1, 0.15) is 17.2 Å². The van der Waals surface area contributed by atoms with Crippen molar-refractivity contribution in [1.82, 2.24) is 0 Å². The van der Waals surface area contributed by atoms with Crippen LogP contribution in [0.5, 0.6) is 0 Å². The second kappa shape index (κ2) is 5.75. The zero-order chi connectivity index (χ0) is 13.1. The van der Waals surface area contributed by atoms with E-state index < -0.39 is 17.7 Å². The maximum absolute atomic E-state index is 13.5. The molecule has 0 fully saturated rings. The number of hydrogen-bond donors (Lipinski definition) is 1. The Hall–Kier alpha value is -1.01. The van der Waals surface area contributed by atoms with Crippen LogP contribution in [-0.4, -0.2) is 5.11 Å². The first-order valence-corrected chi connectivity index (χ1v) is 6.53. The van der Waals surface area contributed by atoms with Crippen LogP contribution in [0.2, 0.25) is 0 Å². The zero-order valence-electron chi connectivity index (χ0n) is 9.41. The molecular formula is C14H11F2IO. The molecule has 0 saturated heterocycles. The molecule has 0 bridgehead atoms. The van der Waals surface area contributed by atoms with E-state index in [0.29, 0.717) is 5.56 Å². The van der Waals surface area contributed by atoms with E-state index in [1.807, 2.05) is 12.1 Å². The first-order valence-electron chi connectivity index (χ1n) is 5.45. The number of hydrogen-bond acceptors (Lipinski definition) is 1. The summed E-state index contributed by atoms with van der Waals surface area (Å²) in [6, 6.07) is 10.9. The predicted molar refractivity (Wildman–Crippen MR) is 74.2 cm³/mol. The third-order valence-electron chi connectivity index (χ3n) is 2.72. The average molecular weight is 360 g/mol. The second-order valence-electron chi connectivity index (χ2n) is 3.94. The Balaban J connectivity index is 2.27. The van der Waals surface area contributed by atoms with Crippen molar-refractivity contribution in [1.29, 1.82) is 0 Å². The molecule has 2 aromatic rings. The molecule has 1 atom stereocenters. The van der Waals surface area contributed by atoms with Crippen molar-refractivity contribution in [2.24, 2.45) is 0 Å². The molecule has 0 radical (unpaired) electrons. The van der Waals surface area contributed by atoms with Crippen molar-refractivity contribution in [3.05, 3.63) is 68.8 Å². The fourth-order valence-corrected chi connectivity index (χ4v) is 2.52. The van der Waals surface area contributed by atoms with Gasteiger partial charge in [0.15, 0.2) is 0 Å². The Bertz CT molecular complexity index is 537. The largest absolute Gasteiger partial charge is 0.388 e. The van der Waals surface area contributed by atoms with E-state index in [1.54, 1.807) is 12.1 Å². The fourth-order valence-electron chi connectivity index (χ4n) is 1.78. The molecule has 0 aliphatic heterocycles. The van der Waals surface area contributed by atoms with Gasteiger partial charge in [-0.1, -0.05) is 24.3 Å². The van der Waals surface area contributed by atoms with E-state index in [-0.39, 0.29) is 12.0 Å². The van der Waals surface area contributed by atoms with Crippen molar-refractivity contribution in [2.45, 2.75) is 12.5 Å². The highest BCUT2D eigenvalue weighted by molar-refractivity contribution is 14.1. The smallest absolute Gasteiger partial charge is 0.129 e. The Morgan fingerprint density at radius 2 is 1.61 bits per heavy atom. The van der Waals surface area contributed by atoms with Crippen LogP contribution in [0.15, 0.2) is 42.5 Å². The highest BCUT2D eigenvalue weighted by atomic mass is 127. The average Bonchev–Trinajstić information content (AvgIpc) is 2.34. The van der Waals surface area contributed by atoms with E-state index in [4.69, 9.17) is 0 Å². The van der Waals surface area contributed by atoms with Gasteiger partial charge in [-0.05, 0) is 46.4 Å². The van der Waals surface area contributed by atoms with Crippen LogP contribution in [0.3, 0.4) is 0 Å². The summed E-state index contributed by atoms with van der Waals surface area (Å²) in [5.41, 5.74) is 0.602. The van der Waals surface area contributed by atoms with Crippen LogP contribution in [0, 0.1) is 15.2 Å². The van der Waals surface area contributed by atoms with Gasteiger partial charge in [0.2, 0.25) is 0 Å². The minimum atomic E-state index is -0.912. The number of rotatable bonds is 3. The molecule has 2 aromatic carbocycles. The molecule has 94 valence electrons. The summed E-state index contributed by atoms with van der Waals surface area (Å²) >= 11 is 2.09. The second-order valence-corrected chi connectivity index (χ2v) is 5.10. The molecule has 0 spiro atoms. The molecule has 1 unspecified atom stereocenters. The van der Waals surface area contributed by atoms with Crippen LogP contribution >= 0.6 is 22.6 Å². The summed E-state index contributed by atoms with van der Waals surface area (Å²) in [6.07, 6.45) is -0.983. The number of aliphatic hydroxyl groups excluding tert-OH is 1. The lowest BCUT2D eigenvalue weighted by Gasteiger charge is -2.13. The van der Waals surface area contributed by atoms with E-state index in [2.05, 4.69) is 22.6 Å². The third-order valence-corrected chi connectivity index (χ3v) is 3.71. The Kier molecular flexibility index (Phi) is 4.29. The van der Waals surface area contributed by atoms with Crippen molar-refractivity contribution < 1.29 is 13.9 Å². The van der Waals surface area contributed by atoms with Crippen molar-refractivity contribution >= 4 is 22.6 Å². The van der Waals surface area contributed by atoms with Crippen LogP contribution in [-0.2, 0) is 6.42 Å². The minimum absolute atomic E-state index is 0.0709. The lowest BCUT2D eigenvalue weighted by atomic mass is 10.0. The molecular weight excluding hydrogens is 349 g/mol. The first kappa shape index (κ1) is 13.4. The van der Waals surface area contributed by atoms with Crippen LogP contribution in [0.4, 0.5) is 8.78 Å². The molecule has 0 amide bonds. The quantitative estimate of drug-likeness (QED) is 0.825. The summed E-state index contributed by atoms with van der Waals surface area (Å²) in [7, 11) is 0. The van der Waals surface area contributed by atoms with Gasteiger partial charge in [-0.25, -0.2) is 8.78 Å². The Morgan fingerprint density at radius 1 is 1.00 bits per heavy atom. The summed E-state index contributed by atoms with van der Waals surface area (Å²) in [6.45, 7) is 0. The summed E-state index contributed by atoms with van der Waals surface area (Å²) in [5, 5.41) is 10.1. The fraction of sp³-hybridized carbons (Fsp3) is 0.143. The SMILES string of the molecule is OC(Cc1c(F)cccc1F)c1ccccc1I. The van der Waals surface area contributed by atoms with Gasteiger partial charge in [0.25, 0.3) is 0 Å². The summed E-state index contributed by atoms with van der Waals surface area (Å²) in [5.74, 6) is -1.25. The van der Waals surface area contributed by atoms with Gasteiger partial charge >= 0.3 is 0 Å². The Labute approximate surface area is 118 Å². The molecule has 2 rings (SSSR count). The molecule has 0 aromatic heterocycles. The van der Waals surface area contributed by atoms with Crippen molar-refractivity contribution in [2.75, 3.05) is 0 Å². The van der Waals surface area contributed by atoms with Gasteiger partial charge in [0.1, 0.15) is 11.6 Å². The monoisotopic (exact) mass is 360 g/mol. The number of benzene rings is 2. The van der Waals surface area contributed by atoms with Gasteiger partial charge in [-0.2, -0.15) is 0 Å². The first-order chi connectivity index (χ1) is 8.59. The third kappa shape index (κ3) is 2.87. The van der Waals surface area contributed by atoms with E-state index in [1.165, 1.54) is 18.2 Å². The summed E-state index contributed by atoms with van der Waals surface area (Å²) < 4.78 is 27.8. The van der Waals surface area contributed by atoms with E-state index in [9.17, 15) is 13.9 Å². The highest BCUT2D eigenvalue weighted by Crippen LogP contribution is 2.25. The molecule has 0 saturated carbocycles. The maximum Gasteiger partial charge on any atom is 0.129 e. The van der Waals surface area contributed by atoms with E-state index >= 15 is 0 Å². The lowest BCUT2D eigenvalue weighted by molar-refractivity contribution is 0.175. The number of halogens is 3. The topological polar surface area (TPSA) is 20.2 Å². The standard InChI is InChI=1S/C14H11F2IO/c15-11-5-3-6-12(16)10(11)8-14(18)9-4-1-2-7-13(9)17/h1-7,14,18H,8H2. The van der Waals surface area contributed by atoms with Gasteiger partial charge in [-0.3, -0.25) is 0 Å². The Morgan fingerprint density at radius 3 is 2.22 bits per heavy atom. The summed E-state index contributed by atoms with van der Waals surface area (Å²) in [4.78, 5) is 0. The molecule has 4 heteroatoms. The minimum Gasteiger partial charge on any atom is -0.388 e. The van der Waals surface area contributed by atoms with Gasteiger partial charge in [0, 0.05) is 15.6 Å². The molecule has 1 nitrogen and oxygen atoms in total. The zero-order valence-corrected chi connectivity index (χ0v) is 11.6. The lowest BCUT2D eigenvalue weighted by Crippen LogP contribution is -2.07.